The highest BCUT2D eigenvalue weighted by Crippen LogP contribution is 2.19. The van der Waals surface area contributed by atoms with Crippen molar-refractivity contribution in [1.29, 1.82) is 0 Å². The Balaban J connectivity index is 2.10. The zero-order chi connectivity index (χ0) is 14.8. The monoisotopic (exact) mass is 333 g/mol. The van der Waals surface area contributed by atoms with Crippen molar-refractivity contribution < 1.29 is 9.53 Å². The van der Waals surface area contributed by atoms with Crippen LogP contribution in [0, 0.1) is 0 Å². The molecule has 0 spiro atoms. The summed E-state index contributed by atoms with van der Waals surface area (Å²) in [7, 11) is 0. The lowest BCUT2D eigenvalue weighted by atomic mass is 10.4. The first kappa shape index (κ1) is 16.9. The largest absolute Gasteiger partial charge is 0.449 e. The van der Waals surface area contributed by atoms with E-state index >= 15 is 0 Å². The molecule has 0 aliphatic carbocycles. The SMILES string of the molecule is CCOC(=O)NNC(=S)NCCSc1ccc(Cl)cc1. The normalized spacial score (nSPS) is 9.70. The maximum absolute atomic E-state index is 11.0. The van der Waals surface area contributed by atoms with Crippen LogP contribution in [0.1, 0.15) is 6.92 Å². The minimum absolute atomic E-state index is 0.311. The number of carbonyl (C=O) groups excluding carboxylic acids is 1. The van der Waals surface area contributed by atoms with Gasteiger partial charge < -0.3 is 10.1 Å². The summed E-state index contributed by atoms with van der Waals surface area (Å²) in [6.45, 7) is 2.71. The Kier molecular flexibility index (Phi) is 8.17. The lowest BCUT2D eigenvalue weighted by Gasteiger charge is -2.11. The predicted octanol–water partition coefficient (Wildman–Crippen LogP) is 2.56. The average molecular weight is 334 g/mol. The molecule has 0 aliphatic heterocycles. The van der Waals surface area contributed by atoms with Crippen molar-refractivity contribution in [2.45, 2.75) is 11.8 Å². The first-order chi connectivity index (χ1) is 9.61. The summed E-state index contributed by atoms with van der Waals surface area (Å²) >= 11 is 12.5. The Bertz CT molecular complexity index is 443. The third-order valence-electron chi connectivity index (χ3n) is 2.02. The number of thiocarbonyl (C=S) groups is 1. The first-order valence-corrected chi connectivity index (χ1v) is 7.74. The Morgan fingerprint density at radius 2 is 2.05 bits per heavy atom. The first-order valence-electron chi connectivity index (χ1n) is 5.96. The van der Waals surface area contributed by atoms with Crippen LogP contribution in [0.15, 0.2) is 29.2 Å². The Hall–Kier alpha value is -1.18. The molecule has 110 valence electrons. The molecule has 0 aromatic heterocycles. The number of ether oxygens (including phenoxy) is 1. The van der Waals surface area contributed by atoms with Crippen molar-refractivity contribution >= 4 is 46.8 Å². The molecule has 1 aromatic carbocycles. The molecule has 0 heterocycles. The van der Waals surface area contributed by atoms with Crippen LogP contribution in [0.4, 0.5) is 4.79 Å². The number of benzene rings is 1. The number of hydrogen-bond donors (Lipinski definition) is 3. The molecule has 0 aliphatic rings. The highest BCUT2D eigenvalue weighted by molar-refractivity contribution is 7.99. The third-order valence-corrected chi connectivity index (χ3v) is 3.54. The summed E-state index contributed by atoms with van der Waals surface area (Å²) in [4.78, 5) is 12.1. The zero-order valence-corrected chi connectivity index (χ0v) is 13.3. The fraction of sp³-hybridized carbons (Fsp3) is 0.333. The van der Waals surface area contributed by atoms with Crippen molar-refractivity contribution in [1.82, 2.24) is 16.2 Å². The molecular formula is C12H16ClN3O2S2. The molecule has 1 aromatic rings. The highest BCUT2D eigenvalue weighted by atomic mass is 35.5. The van der Waals surface area contributed by atoms with E-state index in [9.17, 15) is 4.79 Å². The lowest BCUT2D eigenvalue weighted by molar-refractivity contribution is 0.150. The molecule has 0 bridgehead atoms. The summed E-state index contributed by atoms with van der Waals surface area (Å²) in [5, 5.41) is 4.03. The summed E-state index contributed by atoms with van der Waals surface area (Å²) in [5.41, 5.74) is 4.85. The minimum atomic E-state index is -0.563. The number of nitrogens with one attached hydrogen (secondary N) is 3. The molecule has 0 saturated carbocycles. The fourth-order valence-corrected chi connectivity index (χ4v) is 2.23. The number of hydrazine groups is 1. The number of carbonyl (C=O) groups is 1. The average Bonchev–Trinajstić information content (AvgIpc) is 2.43. The third kappa shape index (κ3) is 7.42. The molecule has 0 radical (unpaired) electrons. The molecule has 1 amide bonds. The van der Waals surface area contributed by atoms with E-state index in [0.29, 0.717) is 18.3 Å². The second kappa shape index (κ2) is 9.68. The van der Waals surface area contributed by atoms with Crippen LogP contribution in [0.2, 0.25) is 5.02 Å². The van der Waals surface area contributed by atoms with Gasteiger partial charge in [0, 0.05) is 22.2 Å². The molecule has 8 heteroatoms. The highest BCUT2D eigenvalue weighted by Gasteiger charge is 2.00. The molecular weight excluding hydrogens is 318 g/mol. The minimum Gasteiger partial charge on any atom is -0.449 e. The molecule has 0 atom stereocenters. The van der Waals surface area contributed by atoms with Gasteiger partial charge in [-0.2, -0.15) is 0 Å². The Labute approximate surface area is 132 Å². The number of hydrogen-bond acceptors (Lipinski definition) is 4. The second-order valence-electron chi connectivity index (χ2n) is 3.53. The van der Waals surface area contributed by atoms with Gasteiger partial charge in [-0.05, 0) is 43.4 Å². The molecule has 20 heavy (non-hydrogen) atoms. The van der Waals surface area contributed by atoms with E-state index < -0.39 is 6.09 Å². The van der Waals surface area contributed by atoms with Crippen LogP contribution < -0.4 is 16.2 Å². The van der Waals surface area contributed by atoms with E-state index in [1.165, 1.54) is 0 Å². The summed E-state index contributed by atoms with van der Waals surface area (Å²) in [6.07, 6.45) is -0.563. The van der Waals surface area contributed by atoms with Crippen LogP contribution in [-0.4, -0.2) is 30.1 Å². The molecule has 0 saturated heterocycles. The smallest absolute Gasteiger partial charge is 0.425 e. The van der Waals surface area contributed by atoms with E-state index in [1.54, 1.807) is 18.7 Å². The lowest BCUT2D eigenvalue weighted by Crippen LogP contribution is -2.47. The van der Waals surface area contributed by atoms with Gasteiger partial charge in [-0.25, -0.2) is 10.2 Å². The Morgan fingerprint density at radius 3 is 2.70 bits per heavy atom. The van der Waals surface area contributed by atoms with Gasteiger partial charge in [0.05, 0.1) is 6.61 Å². The molecule has 5 nitrogen and oxygen atoms in total. The number of amides is 1. The summed E-state index contributed by atoms with van der Waals surface area (Å²) < 4.78 is 4.67. The van der Waals surface area contributed by atoms with E-state index in [-0.39, 0.29) is 0 Å². The number of rotatable bonds is 5. The summed E-state index contributed by atoms with van der Waals surface area (Å²) in [5.74, 6) is 0.836. The molecule has 1 rings (SSSR count). The van der Waals surface area contributed by atoms with Gasteiger partial charge in [-0.15, -0.1) is 11.8 Å². The maximum atomic E-state index is 11.0. The van der Waals surface area contributed by atoms with Gasteiger partial charge in [0.15, 0.2) is 5.11 Å². The van der Waals surface area contributed by atoms with Gasteiger partial charge in [-0.1, -0.05) is 11.6 Å². The van der Waals surface area contributed by atoms with Crippen molar-refractivity contribution in [2.75, 3.05) is 18.9 Å². The van der Waals surface area contributed by atoms with Crippen molar-refractivity contribution in [3.63, 3.8) is 0 Å². The van der Waals surface area contributed by atoms with Gasteiger partial charge in [0.1, 0.15) is 0 Å². The van der Waals surface area contributed by atoms with Gasteiger partial charge in [0.25, 0.3) is 0 Å². The van der Waals surface area contributed by atoms with Crippen molar-refractivity contribution in [3.8, 4) is 0 Å². The van der Waals surface area contributed by atoms with Crippen LogP contribution >= 0.6 is 35.6 Å². The van der Waals surface area contributed by atoms with E-state index in [0.717, 1.165) is 15.7 Å². The predicted molar refractivity (Wildman–Crippen MR) is 86.1 cm³/mol. The molecule has 0 fully saturated rings. The van der Waals surface area contributed by atoms with Crippen molar-refractivity contribution in [3.05, 3.63) is 29.3 Å². The fourth-order valence-electron chi connectivity index (χ4n) is 1.18. The van der Waals surface area contributed by atoms with E-state index in [4.69, 9.17) is 23.8 Å². The maximum Gasteiger partial charge on any atom is 0.425 e. The molecule has 0 unspecified atom stereocenters. The molecule has 3 N–H and O–H groups in total. The van der Waals surface area contributed by atoms with E-state index in [1.807, 2.05) is 24.3 Å². The second-order valence-corrected chi connectivity index (χ2v) is 5.54. The van der Waals surface area contributed by atoms with Gasteiger partial charge in [0.2, 0.25) is 0 Å². The van der Waals surface area contributed by atoms with Crippen LogP contribution in [0.25, 0.3) is 0 Å². The quantitative estimate of drug-likeness (QED) is 0.333. The van der Waals surface area contributed by atoms with Crippen LogP contribution in [0.5, 0.6) is 0 Å². The number of halogens is 1. The number of thioether (sulfide) groups is 1. The van der Waals surface area contributed by atoms with E-state index in [2.05, 4.69) is 20.9 Å². The zero-order valence-electron chi connectivity index (χ0n) is 10.9. The standard InChI is InChI=1S/C12H16ClN3O2S2/c1-2-18-12(17)16-15-11(19)14-7-8-20-10-5-3-9(13)4-6-10/h3-6H,2,7-8H2,1H3,(H,16,17)(H2,14,15,19). The van der Waals surface area contributed by atoms with Crippen molar-refractivity contribution in [2.24, 2.45) is 0 Å². The van der Waals surface area contributed by atoms with Gasteiger partial charge in [-0.3, -0.25) is 5.43 Å². The Morgan fingerprint density at radius 1 is 1.35 bits per heavy atom. The van der Waals surface area contributed by atoms with Crippen LogP contribution in [-0.2, 0) is 4.74 Å². The van der Waals surface area contributed by atoms with Crippen LogP contribution in [0.3, 0.4) is 0 Å². The topological polar surface area (TPSA) is 62.4 Å². The summed E-state index contributed by atoms with van der Waals surface area (Å²) in [6, 6.07) is 7.64. The van der Waals surface area contributed by atoms with Gasteiger partial charge >= 0.3 is 6.09 Å².